The van der Waals surface area contributed by atoms with Crippen molar-refractivity contribution in [2.45, 2.75) is 27.2 Å². The van der Waals surface area contributed by atoms with Gasteiger partial charge in [0, 0.05) is 0 Å². The van der Waals surface area contributed by atoms with E-state index in [0.717, 1.165) is 18.2 Å². The van der Waals surface area contributed by atoms with Crippen LogP contribution < -0.4 is 3.58 Å². The molecule has 1 rings (SSSR count). The van der Waals surface area contributed by atoms with Crippen molar-refractivity contribution >= 4 is 22.0 Å². The van der Waals surface area contributed by atoms with E-state index in [0.29, 0.717) is 0 Å². The van der Waals surface area contributed by atoms with E-state index in [1.54, 1.807) is 0 Å². The van der Waals surface area contributed by atoms with Gasteiger partial charge < -0.3 is 0 Å². The zero-order chi connectivity index (χ0) is 14.4. The van der Waals surface area contributed by atoms with Gasteiger partial charge in [-0.05, 0) is 0 Å². The average Bonchev–Trinajstić information content (AvgIpc) is 2.12. The van der Waals surface area contributed by atoms with E-state index < -0.39 is 45.4 Å². The standard InChI is InChI=1S/C8H3F6.3CH3.Sn/c9-7(10,11)5-2-1-3-6(4-5)8(12,13)14;;;;/h1-3H;3*1H3;. The molecule has 0 bridgehead atoms. The molecule has 0 saturated carbocycles. The molecule has 0 atom stereocenters. The first-order chi connectivity index (χ1) is 7.85. The minimum atomic E-state index is -4.75. The summed E-state index contributed by atoms with van der Waals surface area (Å²) in [6.07, 6.45) is -9.50. The molecular weight excluding hydrogens is 365 g/mol. The number of benzene rings is 1. The SMILES string of the molecule is [CH3][Sn]([CH3])([CH3])[c]1c(C(F)(F)F)cccc1C(F)(F)F. The Balaban J connectivity index is 3.68. The molecule has 0 fully saturated rings. The van der Waals surface area contributed by atoms with Crippen LogP contribution in [0.3, 0.4) is 0 Å². The van der Waals surface area contributed by atoms with Crippen molar-refractivity contribution in [1.29, 1.82) is 0 Å². The predicted octanol–water partition coefficient (Wildman–Crippen LogP) is 4.27. The van der Waals surface area contributed by atoms with Crippen LogP contribution in [0.2, 0.25) is 14.8 Å². The van der Waals surface area contributed by atoms with Crippen LogP contribution in [0.15, 0.2) is 18.2 Å². The molecule has 0 amide bonds. The molecule has 0 radical (unpaired) electrons. The second-order valence-corrected chi connectivity index (χ2v) is 19.2. The van der Waals surface area contributed by atoms with E-state index in [1.165, 1.54) is 14.8 Å². The van der Waals surface area contributed by atoms with E-state index in [4.69, 9.17) is 0 Å². The summed E-state index contributed by atoms with van der Waals surface area (Å²) in [7, 11) is 0. The van der Waals surface area contributed by atoms with Gasteiger partial charge in [0.2, 0.25) is 0 Å². The normalized spacial score (nSPS) is 13.8. The molecule has 0 aliphatic carbocycles. The molecule has 102 valence electrons. The molecule has 0 spiro atoms. The molecule has 18 heavy (non-hydrogen) atoms. The summed E-state index contributed by atoms with van der Waals surface area (Å²) in [5, 5.41) is 0. The van der Waals surface area contributed by atoms with Gasteiger partial charge in [0.05, 0.1) is 0 Å². The molecule has 0 nitrogen and oxygen atoms in total. The van der Waals surface area contributed by atoms with Gasteiger partial charge in [-0.1, -0.05) is 0 Å². The van der Waals surface area contributed by atoms with Gasteiger partial charge in [-0.15, -0.1) is 0 Å². The van der Waals surface area contributed by atoms with Crippen LogP contribution in [0.5, 0.6) is 0 Å². The van der Waals surface area contributed by atoms with Gasteiger partial charge in [0.1, 0.15) is 0 Å². The van der Waals surface area contributed by atoms with Crippen molar-refractivity contribution in [1.82, 2.24) is 0 Å². The zero-order valence-electron chi connectivity index (χ0n) is 10.00. The molecule has 0 N–H and O–H groups in total. The summed E-state index contributed by atoms with van der Waals surface area (Å²) in [4.78, 5) is 4.61. The molecule has 1 aromatic rings. The Bertz CT molecular complexity index is 406. The fourth-order valence-electron chi connectivity index (χ4n) is 1.83. The fourth-order valence-corrected chi connectivity index (χ4v) is 7.73. The molecule has 0 aliphatic heterocycles. The predicted molar refractivity (Wildman–Crippen MR) is 59.4 cm³/mol. The van der Waals surface area contributed by atoms with Crippen LogP contribution in [0.1, 0.15) is 11.1 Å². The van der Waals surface area contributed by atoms with Crippen LogP contribution in [-0.4, -0.2) is 18.4 Å². The molecule has 0 heterocycles. The van der Waals surface area contributed by atoms with Crippen molar-refractivity contribution in [3.05, 3.63) is 29.3 Å². The van der Waals surface area contributed by atoms with Crippen molar-refractivity contribution in [2.75, 3.05) is 0 Å². The Morgan fingerprint density at radius 2 is 1.11 bits per heavy atom. The molecule has 0 saturated heterocycles. The Kier molecular flexibility index (Phi) is 4.01. The number of rotatable bonds is 1. The Hall–Kier alpha value is -0.401. The van der Waals surface area contributed by atoms with Gasteiger partial charge in [-0.25, -0.2) is 0 Å². The van der Waals surface area contributed by atoms with Crippen LogP contribution in [0.4, 0.5) is 26.3 Å². The molecular formula is C11H12F6Sn. The van der Waals surface area contributed by atoms with E-state index in [1.807, 2.05) is 0 Å². The Morgan fingerprint density at radius 3 is 1.33 bits per heavy atom. The van der Waals surface area contributed by atoms with E-state index in [9.17, 15) is 26.3 Å². The summed E-state index contributed by atoms with van der Waals surface area (Å²) in [5.41, 5.74) is -2.28. The maximum absolute atomic E-state index is 12.8. The third-order valence-corrected chi connectivity index (χ3v) is 8.24. The third-order valence-electron chi connectivity index (χ3n) is 2.43. The number of halogens is 6. The topological polar surface area (TPSA) is 0 Å². The summed E-state index contributed by atoms with van der Waals surface area (Å²) in [6, 6.07) is 2.27. The van der Waals surface area contributed by atoms with E-state index >= 15 is 0 Å². The van der Waals surface area contributed by atoms with Gasteiger partial charge in [0.15, 0.2) is 0 Å². The molecule has 0 aromatic heterocycles. The number of alkyl halides is 6. The van der Waals surface area contributed by atoms with Crippen molar-refractivity contribution < 1.29 is 26.3 Å². The average molecular weight is 377 g/mol. The van der Waals surface area contributed by atoms with Crippen molar-refractivity contribution in [3.63, 3.8) is 0 Å². The molecule has 0 aliphatic rings. The van der Waals surface area contributed by atoms with Gasteiger partial charge in [-0.3, -0.25) is 0 Å². The molecule has 1 aromatic carbocycles. The van der Waals surface area contributed by atoms with Crippen molar-refractivity contribution in [2.24, 2.45) is 0 Å². The summed E-state index contributed by atoms with van der Waals surface area (Å²) in [6.45, 7) is 0. The Labute approximate surface area is 105 Å². The second kappa shape index (κ2) is 4.61. The quantitative estimate of drug-likeness (QED) is 0.507. The Morgan fingerprint density at radius 1 is 0.778 bits per heavy atom. The minimum absolute atomic E-state index is 0.508. The zero-order valence-corrected chi connectivity index (χ0v) is 12.9. The van der Waals surface area contributed by atoms with Crippen LogP contribution in [0, 0.1) is 0 Å². The van der Waals surface area contributed by atoms with Gasteiger partial charge in [0.25, 0.3) is 0 Å². The second-order valence-electron chi connectivity index (χ2n) is 4.97. The van der Waals surface area contributed by atoms with E-state index in [-0.39, 0.29) is 0 Å². The van der Waals surface area contributed by atoms with E-state index in [2.05, 4.69) is 0 Å². The summed E-state index contributed by atoms with van der Waals surface area (Å²) in [5.74, 6) is 0. The van der Waals surface area contributed by atoms with Crippen molar-refractivity contribution in [3.8, 4) is 0 Å². The van der Waals surface area contributed by atoms with Gasteiger partial charge in [-0.2, -0.15) is 0 Å². The van der Waals surface area contributed by atoms with Crippen LogP contribution in [0.25, 0.3) is 0 Å². The first-order valence-electron chi connectivity index (χ1n) is 5.13. The fraction of sp³-hybridized carbons (Fsp3) is 0.455. The third kappa shape index (κ3) is 3.33. The first kappa shape index (κ1) is 15.7. The monoisotopic (exact) mass is 378 g/mol. The van der Waals surface area contributed by atoms with Gasteiger partial charge >= 0.3 is 105 Å². The van der Waals surface area contributed by atoms with Crippen LogP contribution in [-0.2, 0) is 12.4 Å². The number of hydrogen-bond acceptors (Lipinski definition) is 0. The first-order valence-corrected chi connectivity index (χ1v) is 15.1. The molecule has 0 unspecified atom stereocenters. The molecule has 7 heteroatoms. The number of hydrogen-bond donors (Lipinski definition) is 0. The maximum atomic E-state index is 12.8. The summed E-state index contributed by atoms with van der Waals surface area (Å²) < 4.78 is 76.4. The summed E-state index contributed by atoms with van der Waals surface area (Å²) >= 11 is -3.56. The van der Waals surface area contributed by atoms with Crippen LogP contribution >= 0.6 is 0 Å².